The summed E-state index contributed by atoms with van der Waals surface area (Å²) in [5.74, 6) is -0.859. The standard InChI is InChI=1S/C11H10IN5O3/c1-17-10(13-5-14-17)16-11(20)15-8-3-2-6(12)4-7(8)9(18)19/h2-5H,1H3,(H,18,19)(H2,13,14,15,16,20). The van der Waals surface area contributed by atoms with Crippen LogP contribution in [0.15, 0.2) is 24.5 Å². The number of aromatic carboxylic acids is 1. The van der Waals surface area contributed by atoms with E-state index in [1.165, 1.54) is 23.1 Å². The third kappa shape index (κ3) is 3.23. The fourth-order valence-electron chi connectivity index (χ4n) is 1.47. The van der Waals surface area contributed by atoms with E-state index in [1.54, 1.807) is 13.1 Å². The number of halogens is 1. The summed E-state index contributed by atoms with van der Waals surface area (Å²) in [6, 6.07) is 4.11. The number of anilines is 2. The van der Waals surface area contributed by atoms with E-state index in [0.717, 1.165) is 3.57 Å². The minimum atomic E-state index is -1.11. The molecule has 0 aliphatic rings. The van der Waals surface area contributed by atoms with Gasteiger partial charge in [0.05, 0.1) is 11.3 Å². The molecular formula is C11H10IN5O3. The molecule has 2 amide bonds. The second-order valence-electron chi connectivity index (χ2n) is 3.78. The minimum Gasteiger partial charge on any atom is -0.478 e. The number of carboxylic acid groups (broad SMARTS) is 1. The van der Waals surface area contributed by atoms with Gasteiger partial charge in [0, 0.05) is 10.6 Å². The van der Waals surface area contributed by atoms with Crippen molar-refractivity contribution in [1.29, 1.82) is 0 Å². The number of urea groups is 1. The van der Waals surface area contributed by atoms with Crippen LogP contribution in [0.5, 0.6) is 0 Å². The second kappa shape index (κ2) is 5.86. The van der Waals surface area contributed by atoms with Crippen LogP contribution in [0.2, 0.25) is 0 Å². The zero-order valence-electron chi connectivity index (χ0n) is 10.3. The molecule has 0 saturated heterocycles. The summed E-state index contributed by atoms with van der Waals surface area (Å²) in [6.07, 6.45) is 1.29. The molecular weight excluding hydrogens is 377 g/mol. The summed E-state index contributed by atoms with van der Waals surface area (Å²) in [5.41, 5.74) is 0.225. The molecule has 1 aromatic heterocycles. The summed E-state index contributed by atoms with van der Waals surface area (Å²) in [6.45, 7) is 0. The summed E-state index contributed by atoms with van der Waals surface area (Å²) in [7, 11) is 1.62. The first-order valence-electron chi connectivity index (χ1n) is 5.42. The average molecular weight is 387 g/mol. The molecule has 104 valence electrons. The van der Waals surface area contributed by atoms with Crippen molar-refractivity contribution in [2.75, 3.05) is 10.6 Å². The third-order valence-electron chi connectivity index (χ3n) is 2.40. The first kappa shape index (κ1) is 14.2. The number of aromatic nitrogens is 3. The summed E-state index contributed by atoms with van der Waals surface area (Å²) >= 11 is 2.00. The zero-order valence-corrected chi connectivity index (χ0v) is 12.5. The van der Waals surface area contributed by atoms with Crippen molar-refractivity contribution in [3.05, 3.63) is 33.7 Å². The highest BCUT2D eigenvalue weighted by molar-refractivity contribution is 14.1. The van der Waals surface area contributed by atoms with Gasteiger partial charge in [-0.15, -0.1) is 0 Å². The largest absolute Gasteiger partial charge is 0.478 e. The van der Waals surface area contributed by atoms with Crippen LogP contribution < -0.4 is 10.6 Å². The topological polar surface area (TPSA) is 109 Å². The number of benzene rings is 1. The van der Waals surface area contributed by atoms with Gasteiger partial charge in [-0.1, -0.05) is 0 Å². The van der Waals surface area contributed by atoms with Gasteiger partial charge in [0.15, 0.2) is 0 Å². The smallest absolute Gasteiger partial charge is 0.337 e. The zero-order chi connectivity index (χ0) is 14.7. The molecule has 3 N–H and O–H groups in total. The number of rotatable bonds is 3. The predicted octanol–water partition coefficient (Wildman–Crippen LogP) is 1.76. The van der Waals surface area contributed by atoms with Crippen molar-refractivity contribution >= 4 is 46.2 Å². The lowest BCUT2D eigenvalue weighted by Gasteiger charge is -2.09. The van der Waals surface area contributed by atoms with E-state index < -0.39 is 12.0 Å². The van der Waals surface area contributed by atoms with E-state index in [2.05, 4.69) is 20.7 Å². The van der Waals surface area contributed by atoms with Gasteiger partial charge < -0.3 is 10.4 Å². The Morgan fingerprint density at radius 3 is 2.70 bits per heavy atom. The van der Waals surface area contributed by atoms with Gasteiger partial charge >= 0.3 is 12.0 Å². The number of carbonyl (C=O) groups excluding carboxylic acids is 1. The maximum Gasteiger partial charge on any atom is 0.337 e. The van der Waals surface area contributed by atoms with Gasteiger partial charge in [0.25, 0.3) is 0 Å². The van der Waals surface area contributed by atoms with Crippen LogP contribution in [0.4, 0.5) is 16.4 Å². The third-order valence-corrected chi connectivity index (χ3v) is 3.07. The maximum atomic E-state index is 11.8. The van der Waals surface area contributed by atoms with Crippen LogP contribution in [-0.2, 0) is 7.05 Å². The minimum absolute atomic E-state index is 0.0185. The van der Waals surface area contributed by atoms with Crippen LogP contribution in [0, 0.1) is 3.57 Å². The van der Waals surface area contributed by atoms with Gasteiger partial charge in [0.1, 0.15) is 6.33 Å². The Kier molecular flexibility index (Phi) is 4.17. The predicted molar refractivity (Wildman–Crippen MR) is 79.8 cm³/mol. The average Bonchev–Trinajstić information content (AvgIpc) is 2.77. The first-order chi connectivity index (χ1) is 9.47. The molecule has 0 radical (unpaired) electrons. The van der Waals surface area contributed by atoms with Crippen molar-refractivity contribution in [3.8, 4) is 0 Å². The number of nitrogens with one attached hydrogen (secondary N) is 2. The van der Waals surface area contributed by atoms with Gasteiger partial charge in [-0.3, -0.25) is 5.32 Å². The van der Waals surface area contributed by atoms with Gasteiger partial charge in [-0.05, 0) is 40.8 Å². The lowest BCUT2D eigenvalue weighted by atomic mass is 10.2. The number of carboxylic acids is 1. The van der Waals surface area contributed by atoms with Crippen molar-refractivity contribution in [1.82, 2.24) is 14.8 Å². The molecule has 0 atom stereocenters. The molecule has 20 heavy (non-hydrogen) atoms. The summed E-state index contributed by atoms with van der Waals surface area (Å²) in [5, 5.41) is 17.8. The number of amides is 2. The molecule has 0 bridgehead atoms. The monoisotopic (exact) mass is 387 g/mol. The Bertz CT molecular complexity index is 670. The van der Waals surface area contributed by atoms with Crippen LogP contribution in [-0.4, -0.2) is 31.9 Å². The SMILES string of the molecule is Cn1ncnc1NC(=O)Nc1ccc(I)cc1C(=O)O. The number of nitrogens with zero attached hydrogens (tertiary/aromatic N) is 3. The lowest BCUT2D eigenvalue weighted by Crippen LogP contribution is -2.23. The molecule has 9 heteroatoms. The highest BCUT2D eigenvalue weighted by Crippen LogP contribution is 2.19. The van der Waals surface area contributed by atoms with Crippen LogP contribution in [0.1, 0.15) is 10.4 Å². The van der Waals surface area contributed by atoms with Crippen LogP contribution >= 0.6 is 22.6 Å². The van der Waals surface area contributed by atoms with E-state index >= 15 is 0 Å². The van der Waals surface area contributed by atoms with Crippen LogP contribution in [0.3, 0.4) is 0 Å². The molecule has 0 aliphatic heterocycles. The Hall–Kier alpha value is -2.17. The molecule has 1 heterocycles. The summed E-state index contributed by atoms with van der Waals surface area (Å²) in [4.78, 5) is 26.8. The Balaban J connectivity index is 2.16. The molecule has 2 rings (SSSR count). The molecule has 1 aromatic carbocycles. The number of aryl methyl sites for hydroxylation is 1. The Labute approximate surface area is 127 Å². The quantitative estimate of drug-likeness (QED) is 0.696. The summed E-state index contributed by atoms with van der Waals surface area (Å²) < 4.78 is 2.14. The molecule has 0 spiro atoms. The van der Waals surface area contributed by atoms with Crippen molar-refractivity contribution in [2.24, 2.45) is 7.05 Å². The van der Waals surface area contributed by atoms with E-state index in [9.17, 15) is 9.59 Å². The number of carbonyl (C=O) groups is 2. The maximum absolute atomic E-state index is 11.8. The van der Waals surface area contributed by atoms with Gasteiger partial charge in [-0.2, -0.15) is 10.1 Å². The molecule has 0 aliphatic carbocycles. The number of hydrogen-bond acceptors (Lipinski definition) is 4. The number of hydrogen-bond donors (Lipinski definition) is 3. The van der Waals surface area contributed by atoms with E-state index in [0.29, 0.717) is 0 Å². The highest BCUT2D eigenvalue weighted by atomic mass is 127. The van der Waals surface area contributed by atoms with Crippen molar-refractivity contribution in [2.45, 2.75) is 0 Å². The lowest BCUT2D eigenvalue weighted by molar-refractivity contribution is 0.0698. The molecule has 0 fully saturated rings. The Morgan fingerprint density at radius 2 is 2.10 bits per heavy atom. The van der Waals surface area contributed by atoms with Gasteiger partial charge in [0.2, 0.25) is 5.95 Å². The molecule has 0 saturated carbocycles. The van der Waals surface area contributed by atoms with E-state index in [1.807, 2.05) is 22.6 Å². The molecule has 2 aromatic rings. The Morgan fingerprint density at radius 1 is 1.35 bits per heavy atom. The van der Waals surface area contributed by atoms with E-state index in [4.69, 9.17) is 5.11 Å². The van der Waals surface area contributed by atoms with Crippen LogP contribution in [0.25, 0.3) is 0 Å². The highest BCUT2D eigenvalue weighted by Gasteiger charge is 2.14. The molecule has 0 unspecified atom stereocenters. The fourth-order valence-corrected chi connectivity index (χ4v) is 1.96. The fraction of sp³-hybridized carbons (Fsp3) is 0.0909. The second-order valence-corrected chi connectivity index (χ2v) is 5.03. The van der Waals surface area contributed by atoms with Gasteiger partial charge in [-0.25, -0.2) is 14.3 Å². The van der Waals surface area contributed by atoms with Crippen molar-refractivity contribution in [3.63, 3.8) is 0 Å². The first-order valence-corrected chi connectivity index (χ1v) is 6.50. The van der Waals surface area contributed by atoms with Crippen molar-refractivity contribution < 1.29 is 14.7 Å². The van der Waals surface area contributed by atoms with E-state index in [-0.39, 0.29) is 17.2 Å². The molecule has 8 nitrogen and oxygen atoms in total. The normalized spacial score (nSPS) is 10.1.